The number of methoxy groups -OCH3 is 1. The molecule has 0 bridgehead atoms. The Hall–Kier alpha value is -1.96. The number of hydrogen-bond acceptors (Lipinski definition) is 5. The zero-order chi connectivity index (χ0) is 17.5. The van der Waals surface area contributed by atoms with Crippen LogP contribution in [0.3, 0.4) is 0 Å². The van der Waals surface area contributed by atoms with Crippen LogP contribution in [0.15, 0.2) is 36.5 Å². The molecule has 1 aromatic carbocycles. The maximum absolute atomic E-state index is 12.4. The van der Waals surface area contributed by atoms with Crippen molar-refractivity contribution in [3.05, 3.63) is 47.8 Å². The quantitative estimate of drug-likeness (QED) is 0.761. The lowest BCUT2D eigenvalue weighted by Gasteiger charge is -2.37. The van der Waals surface area contributed by atoms with Gasteiger partial charge in [0.25, 0.3) is 5.91 Å². The van der Waals surface area contributed by atoms with E-state index in [1.165, 1.54) is 0 Å². The molecule has 0 atom stereocenters. The van der Waals surface area contributed by atoms with Crippen molar-refractivity contribution < 1.29 is 9.53 Å². The van der Waals surface area contributed by atoms with Gasteiger partial charge < -0.3 is 15.4 Å². The molecule has 0 spiro atoms. The Bertz CT molecular complexity index is 680. The van der Waals surface area contributed by atoms with Gasteiger partial charge in [-0.25, -0.2) is 4.68 Å². The van der Waals surface area contributed by atoms with Crippen LogP contribution in [0.1, 0.15) is 28.9 Å². The minimum atomic E-state index is -0.187. The van der Waals surface area contributed by atoms with Crippen molar-refractivity contribution in [1.29, 1.82) is 0 Å². The second-order valence-electron chi connectivity index (χ2n) is 6.65. The van der Waals surface area contributed by atoms with Gasteiger partial charge in [0.15, 0.2) is 5.69 Å². The predicted molar refractivity (Wildman–Crippen MR) is 102 cm³/mol. The fourth-order valence-electron chi connectivity index (χ4n) is 3.24. The summed E-state index contributed by atoms with van der Waals surface area (Å²) in [6, 6.07) is 9.97. The van der Waals surface area contributed by atoms with Crippen LogP contribution in [-0.2, 0) is 11.3 Å². The molecule has 0 unspecified atom stereocenters. The van der Waals surface area contributed by atoms with E-state index in [1.807, 2.05) is 30.3 Å². The van der Waals surface area contributed by atoms with Gasteiger partial charge in [0.05, 0.1) is 19.3 Å². The molecule has 142 valence electrons. The topological polar surface area (TPSA) is 81.1 Å². The molecule has 0 radical (unpaired) electrons. The Kier molecular flexibility index (Phi) is 7.56. The number of carbonyl (C=O) groups excluding carboxylic acids is 1. The smallest absolute Gasteiger partial charge is 0.273 e. The molecule has 1 aliphatic heterocycles. The van der Waals surface area contributed by atoms with Crippen LogP contribution in [0.25, 0.3) is 0 Å². The minimum Gasteiger partial charge on any atom is -0.384 e. The van der Waals surface area contributed by atoms with Crippen LogP contribution in [0.2, 0.25) is 0 Å². The summed E-state index contributed by atoms with van der Waals surface area (Å²) in [5.41, 5.74) is 1.46. The lowest BCUT2D eigenvalue weighted by Crippen LogP contribution is -2.47. The summed E-state index contributed by atoms with van der Waals surface area (Å²) < 4.78 is 7.06. The van der Waals surface area contributed by atoms with E-state index in [0.29, 0.717) is 25.4 Å². The fourth-order valence-corrected chi connectivity index (χ4v) is 3.24. The molecule has 2 aromatic rings. The third-order valence-electron chi connectivity index (χ3n) is 4.70. The van der Waals surface area contributed by atoms with Crippen molar-refractivity contribution in [2.45, 2.75) is 19.4 Å². The van der Waals surface area contributed by atoms with Crippen LogP contribution in [0, 0.1) is 5.41 Å². The molecule has 7 nitrogen and oxygen atoms in total. The number of hydrogen-bond donors (Lipinski definition) is 2. The zero-order valence-electron chi connectivity index (χ0n) is 15.0. The van der Waals surface area contributed by atoms with Crippen molar-refractivity contribution >= 4 is 18.3 Å². The molecular weight excluding hydrogens is 354 g/mol. The standard InChI is InChI=1S/C18H25N5O2.ClH/c1-25-14-18(7-9-19-10-8-18)13-20-17(24)16-12-23(22-21-16)11-15-5-3-2-4-6-15;/h2-6,12,19H,7-11,13-14H2,1H3,(H,20,24);1H. The molecule has 1 aliphatic rings. The normalized spacial score (nSPS) is 15.9. The summed E-state index contributed by atoms with van der Waals surface area (Å²) in [6.07, 6.45) is 3.66. The molecular formula is C18H26ClN5O2. The average molecular weight is 380 g/mol. The summed E-state index contributed by atoms with van der Waals surface area (Å²) >= 11 is 0. The molecule has 2 N–H and O–H groups in total. The highest BCUT2D eigenvalue weighted by Crippen LogP contribution is 2.28. The van der Waals surface area contributed by atoms with Gasteiger partial charge in [-0.3, -0.25) is 4.79 Å². The van der Waals surface area contributed by atoms with Crippen molar-refractivity contribution in [3.8, 4) is 0 Å². The predicted octanol–water partition coefficient (Wildman–Crippen LogP) is 1.49. The molecule has 2 heterocycles. The number of ether oxygens (including phenoxy) is 1. The lowest BCUT2D eigenvalue weighted by molar-refractivity contribution is 0.0510. The number of benzene rings is 1. The number of rotatable bonds is 7. The molecule has 0 saturated carbocycles. The molecule has 1 fully saturated rings. The maximum Gasteiger partial charge on any atom is 0.273 e. The van der Waals surface area contributed by atoms with Crippen LogP contribution in [0.5, 0.6) is 0 Å². The first-order valence-corrected chi connectivity index (χ1v) is 8.63. The van der Waals surface area contributed by atoms with Gasteiger partial charge in [-0.1, -0.05) is 35.5 Å². The second kappa shape index (κ2) is 9.66. The van der Waals surface area contributed by atoms with Crippen LogP contribution in [-0.4, -0.2) is 54.3 Å². The van der Waals surface area contributed by atoms with E-state index < -0.39 is 0 Å². The number of amides is 1. The van der Waals surface area contributed by atoms with Crippen LogP contribution < -0.4 is 10.6 Å². The Morgan fingerprint density at radius 1 is 1.31 bits per heavy atom. The highest BCUT2D eigenvalue weighted by Gasteiger charge is 2.32. The fraction of sp³-hybridized carbons (Fsp3) is 0.500. The minimum absolute atomic E-state index is 0. The lowest BCUT2D eigenvalue weighted by atomic mass is 9.79. The SMILES string of the molecule is COCC1(CNC(=O)c2cn(Cc3ccccc3)nn2)CCNCC1.Cl. The number of aromatic nitrogens is 3. The van der Waals surface area contributed by atoms with Gasteiger partial charge in [0.2, 0.25) is 0 Å². The summed E-state index contributed by atoms with van der Waals surface area (Å²) in [5, 5.41) is 14.4. The van der Waals surface area contributed by atoms with Crippen LogP contribution in [0.4, 0.5) is 0 Å². The number of piperidine rings is 1. The molecule has 26 heavy (non-hydrogen) atoms. The zero-order valence-corrected chi connectivity index (χ0v) is 15.8. The number of carbonyl (C=O) groups is 1. The van der Waals surface area contributed by atoms with Gasteiger partial charge in [0.1, 0.15) is 0 Å². The molecule has 0 aliphatic carbocycles. The molecule has 3 rings (SSSR count). The summed E-state index contributed by atoms with van der Waals surface area (Å²) in [5.74, 6) is -0.187. The summed E-state index contributed by atoms with van der Waals surface area (Å²) in [7, 11) is 1.71. The van der Waals surface area contributed by atoms with E-state index in [-0.39, 0.29) is 23.7 Å². The molecule has 8 heteroatoms. The van der Waals surface area contributed by atoms with E-state index in [4.69, 9.17) is 4.74 Å². The van der Waals surface area contributed by atoms with E-state index in [1.54, 1.807) is 18.0 Å². The van der Waals surface area contributed by atoms with Gasteiger partial charge in [-0.15, -0.1) is 17.5 Å². The van der Waals surface area contributed by atoms with Crippen molar-refractivity contribution in [3.63, 3.8) is 0 Å². The highest BCUT2D eigenvalue weighted by atomic mass is 35.5. The first kappa shape index (κ1) is 20.4. The Labute approximate surface area is 159 Å². The van der Waals surface area contributed by atoms with E-state index in [2.05, 4.69) is 20.9 Å². The van der Waals surface area contributed by atoms with Crippen molar-refractivity contribution in [1.82, 2.24) is 25.6 Å². The molecule has 1 saturated heterocycles. The number of nitrogens with one attached hydrogen (secondary N) is 2. The Balaban J connectivity index is 0.00000243. The van der Waals surface area contributed by atoms with Gasteiger partial charge in [-0.05, 0) is 31.5 Å². The van der Waals surface area contributed by atoms with Crippen LogP contribution >= 0.6 is 12.4 Å². The highest BCUT2D eigenvalue weighted by molar-refractivity contribution is 5.91. The molecule has 1 amide bonds. The van der Waals surface area contributed by atoms with Crippen molar-refractivity contribution in [2.24, 2.45) is 5.41 Å². The van der Waals surface area contributed by atoms with E-state index in [0.717, 1.165) is 31.5 Å². The van der Waals surface area contributed by atoms with E-state index >= 15 is 0 Å². The monoisotopic (exact) mass is 379 g/mol. The third kappa shape index (κ3) is 5.27. The number of nitrogens with zero attached hydrogens (tertiary/aromatic N) is 3. The number of halogens is 1. The van der Waals surface area contributed by atoms with Gasteiger partial charge in [0, 0.05) is 19.1 Å². The van der Waals surface area contributed by atoms with Crippen molar-refractivity contribution in [2.75, 3.05) is 33.4 Å². The first-order valence-electron chi connectivity index (χ1n) is 8.63. The maximum atomic E-state index is 12.4. The second-order valence-corrected chi connectivity index (χ2v) is 6.65. The third-order valence-corrected chi connectivity index (χ3v) is 4.70. The average Bonchev–Trinajstić information content (AvgIpc) is 3.10. The Morgan fingerprint density at radius 3 is 2.73 bits per heavy atom. The summed E-state index contributed by atoms with van der Waals surface area (Å²) in [6.45, 7) is 3.74. The van der Waals surface area contributed by atoms with E-state index in [9.17, 15) is 4.79 Å². The summed E-state index contributed by atoms with van der Waals surface area (Å²) in [4.78, 5) is 12.4. The largest absolute Gasteiger partial charge is 0.384 e. The molecule has 1 aromatic heterocycles. The first-order chi connectivity index (χ1) is 12.2. The van der Waals surface area contributed by atoms with Gasteiger partial charge in [-0.2, -0.15) is 0 Å². The van der Waals surface area contributed by atoms with Gasteiger partial charge >= 0.3 is 0 Å². The Morgan fingerprint density at radius 2 is 2.04 bits per heavy atom.